The topological polar surface area (TPSA) is 51.6 Å². The zero-order valence-electron chi connectivity index (χ0n) is 32.6. The molecule has 0 amide bonds. The summed E-state index contributed by atoms with van der Waals surface area (Å²) in [4.78, 5) is 19.4. The third-order valence-electron chi connectivity index (χ3n) is 11.4. The van der Waals surface area contributed by atoms with Crippen molar-refractivity contribution >= 4 is 32.3 Å². The first-order valence-corrected chi connectivity index (χ1v) is 20.2. The fraction of sp³-hybridized carbons (Fsp3) is 0. The average Bonchev–Trinajstić information content (AvgIpc) is 3.34. The fourth-order valence-corrected chi connectivity index (χ4v) is 8.39. The van der Waals surface area contributed by atoms with Crippen LogP contribution >= 0.6 is 0 Å². The molecule has 0 atom stereocenters. The summed E-state index contributed by atoms with van der Waals surface area (Å²) in [5.74, 6) is 1.88. The lowest BCUT2D eigenvalue weighted by Gasteiger charge is -2.17. The highest BCUT2D eigenvalue weighted by atomic mass is 15.0. The molecule has 2 heterocycles. The van der Waals surface area contributed by atoms with E-state index in [-0.39, 0.29) is 0 Å². The Morgan fingerprint density at radius 2 is 0.650 bits per heavy atom. The van der Waals surface area contributed by atoms with E-state index >= 15 is 0 Å². The molecule has 0 N–H and O–H groups in total. The van der Waals surface area contributed by atoms with Crippen LogP contribution in [-0.4, -0.2) is 19.9 Å². The molecule has 280 valence electrons. The molecular formula is C56H36N4. The molecule has 0 aliphatic carbocycles. The predicted molar refractivity (Wildman–Crippen MR) is 248 cm³/mol. The van der Waals surface area contributed by atoms with Crippen LogP contribution in [0.5, 0.6) is 0 Å². The maximum absolute atomic E-state index is 5.01. The average molecular weight is 765 g/mol. The van der Waals surface area contributed by atoms with Crippen LogP contribution in [0.3, 0.4) is 0 Å². The van der Waals surface area contributed by atoms with Gasteiger partial charge in [0.2, 0.25) is 0 Å². The molecule has 0 saturated heterocycles. The first kappa shape index (κ1) is 35.1. The highest BCUT2D eigenvalue weighted by molar-refractivity contribution is 6.29. The molecule has 0 radical (unpaired) electrons. The van der Waals surface area contributed by atoms with Gasteiger partial charge in [0.25, 0.3) is 0 Å². The number of hydrogen-bond donors (Lipinski definition) is 0. The smallest absolute Gasteiger partial charge is 0.164 e. The van der Waals surface area contributed by atoms with Crippen molar-refractivity contribution in [3.8, 4) is 78.8 Å². The molecule has 0 spiro atoms. The molecular weight excluding hydrogens is 729 g/mol. The van der Waals surface area contributed by atoms with E-state index in [4.69, 9.17) is 15.0 Å². The summed E-state index contributed by atoms with van der Waals surface area (Å²) >= 11 is 0. The number of hydrogen-bond acceptors (Lipinski definition) is 4. The van der Waals surface area contributed by atoms with Crippen LogP contribution < -0.4 is 0 Å². The Hall–Kier alpha value is -8.08. The van der Waals surface area contributed by atoms with Crippen molar-refractivity contribution in [1.82, 2.24) is 19.9 Å². The van der Waals surface area contributed by atoms with Crippen molar-refractivity contribution in [2.45, 2.75) is 0 Å². The lowest BCUT2D eigenvalue weighted by atomic mass is 9.86. The number of aromatic nitrogens is 4. The maximum atomic E-state index is 5.01. The first-order chi connectivity index (χ1) is 29.7. The van der Waals surface area contributed by atoms with Gasteiger partial charge in [-0.05, 0) is 90.0 Å². The van der Waals surface area contributed by atoms with Crippen molar-refractivity contribution in [3.63, 3.8) is 0 Å². The summed E-state index contributed by atoms with van der Waals surface area (Å²) in [6.07, 6.45) is 1.81. The Kier molecular flexibility index (Phi) is 8.79. The van der Waals surface area contributed by atoms with E-state index in [0.29, 0.717) is 17.5 Å². The van der Waals surface area contributed by atoms with Crippen molar-refractivity contribution in [2.24, 2.45) is 0 Å². The standard InChI is InChI=1S/C56H36N4/c1-3-13-37(14-4-1)45-35-50(53-49-20-10-9-18-47(49)46-17-7-8-19-48(46)51(53)36-45)40-26-22-38(23-27-40)39-24-30-43(31-25-39)55-58-54(42-15-5-2-6-16-42)59-56(60-55)44-32-28-41(29-33-44)52-21-11-12-34-57-52/h1-36H. The Balaban J connectivity index is 0.968. The van der Waals surface area contributed by atoms with E-state index in [0.717, 1.165) is 39.1 Å². The van der Waals surface area contributed by atoms with Crippen LogP contribution in [0.25, 0.3) is 111 Å². The summed E-state index contributed by atoms with van der Waals surface area (Å²) in [5.41, 5.74) is 11.8. The number of nitrogens with zero attached hydrogens (tertiary/aromatic N) is 4. The third kappa shape index (κ3) is 6.47. The lowest BCUT2D eigenvalue weighted by molar-refractivity contribution is 1.07. The zero-order chi connectivity index (χ0) is 39.8. The Morgan fingerprint density at radius 1 is 0.250 bits per heavy atom. The molecule has 9 aromatic carbocycles. The highest BCUT2D eigenvalue weighted by Crippen LogP contribution is 2.43. The summed E-state index contributed by atoms with van der Waals surface area (Å²) in [7, 11) is 0. The van der Waals surface area contributed by atoms with Gasteiger partial charge < -0.3 is 0 Å². The van der Waals surface area contributed by atoms with E-state index in [1.807, 2.05) is 54.7 Å². The van der Waals surface area contributed by atoms with E-state index in [1.165, 1.54) is 54.6 Å². The van der Waals surface area contributed by atoms with E-state index in [1.54, 1.807) is 0 Å². The molecule has 0 unspecified atom stereocenters. The molecule has 2 aromatic heterocycles. The van der Waals surface area contributed by atoms with Gasteiger partial charge in [0.15, 0.2) is 17.5 Å². The largest absolute Gasteiger partial charge is 0.256 e. The van der Waals surface area contributed by atoms with Gasteiger partial charge in [-0.15, -0.1) is 0 Å². The molecule has 4 nitrogen and oxygen atoms in total. The number of rotatable bonds is 7. The predicted octanol–water partition coefficient (Wildman–Crippen LogP) is 14.4. The molecule has 4 heteroatoms. The van der Waals surface area contributed by atoms with Crippen molar-refractivity contribution in [1.29, 1.82) is 0 Å². The van der Waals surface area contributed by atoms with Gasteiger partial charge in [0.05, 0.1) is 5.69 Å². The molecule has 0 aliphatic rings. The van der Waals surface area contributed by atoms with E-state index in [2.05, 4.69) is 169 Å². The van der Waals surface area contributed by atoms with Gasteiger partial charge in [-0.3, -0.25) is 4.98 Å². The van der Waals surface area contributed by atoms with Gasteiger partial charge in [0, 0.05) is 28.5 Å². The summed E-state index contributed by atoms with van der Waals surface area (Å²) in [6, 6.07) is 74.8. The Morgan fingerprint density at radius 3 is 1.20 bits per heavy atom. The number of benzene rings is 9. The SMILES string of the molecule is c1ccc(-c2cc(-c3ccc(-c4ccc(-c5nc(-c6ccccc6)nc(-c6ccc(-c7ccccn7)cc6)n5)cc4)cc3)c3c4ccccc4c4ccccc4c3c2)cc1. The second kappa shape index (κ2) is 15.0. The summed E-state index contributed by atoms with van der Waals surface area (Å²) in [5, 5.41) is 7.61. The molecule has 60 heavy (non-hydrogen) atoms. The van der Waals surface area contributed by atoms with Crippen LogP contribution in [0.15, 0.2) is 219 Å². The monoisotopic (exact) mass is 764 g/mol. The molecule has 0 fully saturated rings. The van der Waals surface area contributed by atoms with Crippen LogP contribution in [-0.2, 0) is 0 Å². The van der Waals surface area contributed by atoms with Gasteiger partial charge in [-0.25, -0.2) is 15.0 Å². The molecule has 0 aliphatic heterocycles. The van der Waals surface area contributed by atoms with Crippen molar-refractivity contribution < 1.29 is 0 Å². The molecule has 0 bridgehead atoms. The van der Waals surface area contributed by atoms with Gasteiger partial charge in [-0.2, -0.15) is 0 Å². The summed E-state index contributed by atoms with van der Waals surface area (Å²) in [6.45, 7) is 0. The van der Waals surface area contributed by atoms with Crippen LogP contribution in [0.2, 0.25) is 0 Å². The minimum absolute atomic E-state index is 0.621. The first-order valence-electron chi connectivity index (χ1n) is 20.2. The molecule has 11 aromatic rings. The third-order valence-corrected chi connectivity index (χ3v) is 11.4. The fourth-order valence-electron chi connectivity index (χ4n) is 8.39. The van der Waals surface area contributed by atoms with E-state index in [9.17, 15) is 0 Å². The van der Waals surface area contributed by atoms with Crippen LogP contribution in [0, 0.1) is 0 Å². The van der Waals surface area contributed by atoms with E-state index < -0.39 is 0 Å². The van der Waals surface area contributed by atoms with Crippen LogP contribution in [0.1, 0.15) is 0 Å². The minimum atomic E-state index is 0.621. The van der Waals surface area contributed by atoms with Gasteiger partial charge in [-0.1, -0.05) is 188 Å². The van der Waals surface area contributed by atoms with Crippen molar-refractivity contribution in [3.05, 3.63) is 219 Å². The zero-order valence-corrected chi connectivity index (χ0v) is 32.6. The second-order valence-electron chi connectivity index (χ2n) is 15.0. The lowest BCUT2D eigenvalue weighted by Crippen LogP contribution is -2.00. The Labute approximate surface area is 348 Å². The van der Waals surface area contributed by atoms with Crippen LogP contribution in [0.4, 0.5) is 0 Å². The molecule has 11 rings (SSSR count). The van der Waals surface area contributed by atoms with Crippen molar-refractivity contribution in [2.75, 3.05) is 0 Å². The number of pyridine rings is 1. The Bertz CT molecular complexity index is 3310. The second-order valence-corrected chi connectivity index (χ2v) is 15.0. The highest BCUT2D eigenvalue weighted by Gasteiger charge is 2.17. The summed E-state index contributed by atoms with van der Waals surface area (Å²) < 4.78 is 0. The van der Waals surface area contributed by atoms with Gasteiger partial charge >= 0.3 is 0 Å². The quantitative estimate of drug-likeness (QED) is 0.152. The number of fused-ring (bicyclic) bond motifs is 6. The maximum Gasteiger partial charge on any atom is 0.164 e. The normalized spacial score (nSPS) is 11.3. The molecule has 0 saturated carbocycles. The minimum Gasteiger partial charge on any atom is -0.256 e. The van der Waals surface area contributed by atoms with Gasteiger partial charge in [0.1, 0.15) is 0 Å².